The zero-order chi connectivity index (χ0) is 14.5. The van der Waals surface area contributed by atoms with Crippen LogP contribution in [0.3, 0.4) is 0 Å². The minimum absolute atomic E-state index is 0.313. The normalized spacial score (nSPS) is 23.5. The maximum absolute atomic E-state index is 4.88. The average molecular weight is 303 g/mol. The van der Waals surface area contributed by atoms with E-state index in [4.69, 9.17) is 4.99 Å². The maximum atomic E-state index is 4.88. The van der Waals surface area contributed by atoms with Crippen LogP contribution in [0.1, 0.15) is 53.9 Å². The SMILES string of the molecule is CCC(CC)(CN=C1NC(C(C)(C)C)CCS1)SC. The van der Waals surface area contributed by atoms with Gasteiger partial charge in [-0.3, -0.25) is 4.99 Å². The minimum Gasteiger partial charge on any atom is -0.362 e. The summed E-state index contributed by atoms with van der Waals surface area (Å²) in [5.41, 5.74) is 0.313. The molecule has 1 heterocycles. The summed E-state index contributed by atoms with van der Waals surface area (Å²) in [7, 11) is 0. The van der Waals surface area contributed by atoms with Gasteiger partial charge < -0.3 is 5.32 Å². The van der Waals surface area contributed by atoms with Crippen LogP contribution in [0, 0.1) is 5.41 Å². The number of nitrogens with one attached hydrogen (secondary N) is 1. The molecule has 0 radical (unpaired) electrons. The molecule has 1 rings (SSSR count). The topological polar surface area (TPSA) is 24.4 Å². The summed E-state index contributed by atoms with van der Waals surface area (Å²) in [6, 6.07) is 0.555. The van der Waals surface area contributed by atoms with Crippen LogP contribution >= 0.6 is 23.5 Å². The van der Waals surface area contributed by atoms with Crippen molar-refractivity contribution in [3.05, 3.63) is 0 Å². The second kappa shape index (κ2) is 7.26. The van der Waals surface area contributed by atoms with Gasteiger partial charge in [0.2, 0.25) is 0 Å². The molecule has 0 saturated carbocycles. The standard InChI is InChI=1S/C15H30N2S2/c1-7-15(8-2,18-6)11-16-13-17-12(9-10-19-13)14(3,4)5/h12H,7-11H2,1-6H3,(H,16,17). The van der Waals surface area contributed by atoms with Gasteiger partial charge in [-0.1, -0.05) is 46.4 Å². The summed E-state index contributed by atoms with van der Waals surface area (Å²) in [6.45, 7) is 12.4. The molecule has 0 spiro atoms. The van der Waals surface area contributed by atoms with Crippen LogP contribution in [0.5, 0.6) is 0 Å². The fraction of sp³-hybridized carbons (Fsp3) is 0.933. The maximum Gasteiger partial charge on any atom is 0.156 e. The number of amidine groups is 1. The van der Waals surface area contributed by atoms with Gasteiger partial charge >= 0.3 is 0 Å². The van der Waals surface area contributed by atoms with Gasteiger partial charge in [-0.2, -0.15) is 11.8 Å². The van der Waals surface area contributed by atoms with Crippen molar-refractivity contribution in [2.24, 2.45) is 10.4 Å². The van der Waals surface area contributed by atoms with Gasteiger partial charge in [0.15, 0.2) is 5.17 Å². The van der Waals surface area contributed by atoms with Gasteiger partial charge in [0.1, 0.15) is 0 Å². The highest BCUT2D eigenvalue weighted by molar-refractivity contribution is 8.13. The number of rotatable bonds is 5. The Morgan fingerprint density at radius 3 is 2.42 bits per heavy atom. The second-order valence-corrected chi connectivity index (χ2v) is 8.77. The Labute approximate surface area is 128 Å². The van der Waals surface area contributed by atoms with Crippen LogP contribution in [-0.2, 0) is 0 Å². The van der Waals surface area contributed by atoms with Crippen LogP contribution in [0.25, 0.3) is 0 Å². The van der Waals surface area contributed by atoms with Gasteiger partial charge in [0.25, 0.3) is 0 Å². The molecule has 1 saturated heterocycles. The summed E-state index contributed by atoms with van der Waals surface area (Å²) in [5, 5.41) is 4.80. The van der Waals surface area contributed by atoms with Gasteiger partial charge in [0, 0.05) is 16.5 Å². The fourth-order valence-corrected chi connectivity index (χ4v) is 4.02. The number of hydrogen-bond donors (Lipinski definition) is 1. The summed E-state index contributed by atoms with van der Waals surface area (Å²) >= 11 is 3.85. The Balaban J connectivity index is 2.67. The van der Waals surface area contributed by atoms with Gasteiger partial charge in [-0.15, -0.1) is 0 Å². The predicted molar refractivity (Wildman–Crippen MR) is 92.6 cm³/mol. The molecule has 0 aromatic carbocycles. The Kier molecular flexibility index (Phi) is 6.58. The van der Waals surface area contributed by atoms with Crippen molar-refractivity contribution in [1.29, 1.82) is 0 Å². The molecule has 0 bridgehead atoms. The zero-order valence-corrected chi connectivity index (χ0v) is 15.0. The largest absolute Gasteiger partial charge is 0.362 e. The first kappa shape index (κ1) is 17.2. The predicted octanol–water partition coefficient (Wildman–Crippen LogP) is 4.41. The van der Waals surface area contributed by atoms with E-state index in [9.17, 15) is 0 Å². The molecule has 0 aromatic heterocycles. The third-order valence-electron chi connectivity index (χ3n) is 4.22. The van der Waals surface area contributed by atoms with E-state index in [2.05, 4.69) is 46.2 Å². The van der Waals surface area contributed by atoms with Crippen molar-refractivity contribution in [1.82, 2.24) is 5.32 Å². The number of thioether (sulfide) groups is 2. The number of aliphatic imine (C=N–C) groups is 1. The Hall–Kier alpha value is 0.170. The van der Waals surface area contributed by atoms with Crippen molar-refractivity contribution in [2.45, 2.75) is 64.7 Å². The van der Waals surface area contributed by atoms with Crippen LogP contribution in [0.2, 0.25) is 0 Å². The Bertz CT molecular complexity index is 295. The second-order valence-electron chi connectivity index (χ2n) is 6.42. The molecule has 19 heavy (non-hydrogen) atoms. The molecule has 0 aromatic rings. The molecule has 1 aliphatic heterocycles. The van der Waals surface area contributed by atoms with E-state index in [1.165, 1.54) is 25.0 Å². The lowest BCUT2D eigenvalue weighted by atomic mass is 9.85. The van der Waals surface area contributed by atoms with E-state index >= 15 is 0 Å². The van der Waals surface area contributed by atoms with Crippen molar-refractivity contribution in [3.63, 3.8) is 0 Å². The quantitative estimate of drug-likeness (QED) is 0.814. The minimum atomic E-state index is 0.313. The smallest absolute Gasteiger partial charge is 0.156 e. The lowest BCUT2D eigenvalue weighted by Gasteiger charge is -2.36. The number of nitrogens with zero attached hydrogens (tertiary/aromatic N) is 1. The molecule has 1 fully saturated rings. The van der Waals surface area contributed by atoms with Crippen LogP contribution in [0.15, 0.2) is 4.99 Å². The Morgan fingerprint density at radius 2 is 1.95 bits per heavy atom. The molecule has 1 N–H and O–H groups in total. The van der Waals surface area contributed by atoms with E-state index in [-0.39, 0.29) is 0 Å². The van der Waals surface area contributed by atoms with Gasteiger partial charge in [-0.05, 0) is 30.9 Å². The monoisotopic (exact) mass is 302 g/mol. The van der Waals surface area contributed by atoms with Gasteiger partial charge in [0.05, 0.1) is 6.54 Å². The van der Waals surface area contributed by atoms with Crippen molar-refractivity contribution >= 4 is 28.7 Å². The van der Waals surface area contributed by atoms with E-state index in [1.54, 1.807) is 0 Å². The third-order valence-corrected chi connectivity index (χ3v) is 6.75. The highest BCUT2D eigenvalue weighted by Gasteiger charge is 2.29. The molecule has 1 aliphatic rings. The van der Waals surface area contributed by atoms with Crippen LogP contribution in [-0.4, -0.2) is 34.5 Å². The first-order valence-corrected chi connectivity index (χ1v) is 9.57. The zero-order valence-electron chi connectivity index (χ0n) is 13.4. The third kappa shape index (κ3) is 4.89. The molecule has 1 atom stereocenters. The van der Waals surface area contributed by atoms with Crippen molar-refractivity contribution in [2.75, 3.05) is 18.6 Å². The van der Waals surface area contributed by atoms with Crippen LogP contribution < -0.4 is 5.32 Å². The van der Waals surface area contributed by atoms with Crippen molar-refractivity contribution in [3.8, 4) is 0 Å². The highest BCUT2D eigenvalue weighted by Crippen LogP contribution is 2.32. The summed E-state index contributed by atoms with van der Waals surface area (Å²) < 4.78 is 0.323. The Morgan fingerprint density at radius 1 is 1.32 bits per heavy atom. The summed E-state index contributed by atoms with van der Waals surface area (Å²) in [6.07, 6.45) is 5.83. The molecule has 4 heteroatoms. The lowest BCUT2D eigenvalue weighted by molar-refractivity contribution is 0.290. The molecule has 0 aliphatic carbocycles. The fourth-order valence-electron chi connectivity index (χ4n) is 2.32. The van der Waals surface area contributed by atoms with Gasteiger partial charge in [-0.25, -0.2) is 0 Å². The molecular weight excluding hydrogens is 272 g/mol. The van der Waals surface area contributed by atoms with E-state index in [0.717, 1.165) is 11.7 Å². The molecule has 0 amide bonds. The summed E-state index contributed by atoms with van der Waals surface area (Å²) in [5.74, 6) is 1.19. The number of hydrogen-bond acceptors (Lipinski definition) is 3. The molecule has 2 nitrogen and oxygen atoms in total. The van der Waals surface area contributed by atoms with Crippen molar-refractivity contribution < 1.29 is 0 Å². The van der Waals surface area contributed by atoms with E-state index in [0.29, 0.717) is 16.2 Å². The summed E-state index contributed by atoms with van der Waals surface area (Å²) in [4.78, 5) is 4.88. The first-order valence-electron chi connectivity index (χ1n) is 7.36. The van der Waals surface area contributed by atoms with E-state index in [1.807, 2.05) is 23.5 Å². The first-order chi connectivity index (χ1) is 8.87. The molecular formula is C15H30N2S2. The lowest BCUT2D eigenvalue weighted by Crippen LogP contribution is -2.46. The van der Waals surface area contributed by atoms with E-state index < -0.39 is 0 Å². The molecule has 1 unspecified atom stereocenters. The highest BCUT2D eigenvalue weighted by atomic mass is 32.2. The molecule has 112 valence electrons. The van der Waals surface area contributed by atoms with Crippen LogP contribution in [0.4, 0.5) is 0 Å². The average Bonchev–Trinajstić information content (AvgIpc) is 2.40.